The smallest absolute Gasteiger partial charge is 0.135 e. The standard InChI is InChI=1S/C18H22N2O/c21-12-15-11-14-5-1-2-8-16(14)19-18(15)20-10-4-7-13-6-3-9-17(13)20/h1-2,5,8,11,13,17,21H,3-4,6-7,9-10,12H2. The van der Waals surface area contributed by atoms with Gasteiger partial charge in [0.1, 0.15) is 5.82 Å². The Kier molecular flexibility index (Phi) is 3.30. The molecule has 4 rings (SSSR count). The third-order valence-electron chi connectivity index (χ3n) is 5.22. The van der Waals surface area contributed by atoms with Crippen LogP contribution in [0.5, 0.6) is 0 Å². The molecule has 1 aromatic heterocycles. The summed E-state index contributed by atoms with van der Waals surface area (Å²) in [5, 5.41) is 10.9. The Balaban J connectivity index is 1.80. The Morgan fingerprint density at radius 3 is 2.90 bits per heavy atom. The highest BCUT2D eigenvalue weighted by molar-refractivity contribution is 5.81. The molecule has 1 aliphatic heterocycles. The molecule has 1 aliphatic carbocycles. The van der Waals surface area contributed by atoms with E-state index in [1.54, 1.807) is 0 Å². The van der Waals surface area contributed by atoms with Crippen LogP contribution in [0.15, 0.2) is 30.3 Å². The molecule has 2 aliphatic rings. The number of para-hydroxylation sites is 1. The van der Waals surface area contributed by atoms with E-state index >= 15 is 0 Å². The molecule has 0 amide bonds. The SMILES string of the molecule is OCc1cc2ccccc2nc1N1CCCC2CCCC21. The van der Waals surface area contributed by atoms with Crippen LogP contribution in [0.1, 0.15) is 37.7 Å². The number of aromatic nitrogens is 1. The summed E-state index contributed by atoms with van der Waals surface area (Å²) in [7, 11) is 0. The van der Waals surface area contributed by atoms with Gasteiger partial charge in [-0.25, -0.2) is 4.98 Å². The van der Waals surface area contributed by atoms with E-state index in [0.717, 1.165) is 34.7 Å². The second-order valence-corrected chi connectivity index (χ2v) is 6.42. The summed E-state index contributed by atoms with van der Waals surface area (Å²) in [6.07, 6.45) is 6.60. The minimum absolute atomic E-state index is 0.0705. The van der Waals surface area contributed by atoms with Crippen LogP contribution in [-0.2, 0) is 6.61 Å². The summed E-state index contributed by atoms with van der Waals surface area (Å²) in [5.74, 6) is 1.85. The van der Waals surface area contributed by atoms with Gasteiger partial charge in [-0.3, -0.25) is 0 Å². The van der Waals surface area contributed by atoms with Crippen LogP contribution in [-0.4, -0.2) is 22.7 Å². The van der Waals surface area contributed by atoms with Crippen LogP contribution < -0.4 is 4.90 Å². The molecule has 2 fully saturated rings. The number of hydrogen-bond acceptors (Lipinski definition) is 3. The highest BCUT2D eigenvalue weighted by Crippen LogP contribution is 2.40. The van der Waals surface area contributed by atoms with Crippen molar-refractivity contribution in [1.29, 1.82) is 0 Å². The van der Waals surface area contributed by atoms with Crippen molar-refractivity contribution in [3.63, 3.8) is 0 Å². The van der Waals surface area contributed by atoms with Crippen molar-refractivity contribution < 1.29 is 5.11 Å². The maximum atomic E-state index is 9.78. The lowest BCUT2D eigenvalue weighted by Crippen LogP contribution is -2.43. The van der Waals surface area contributed by atoms with Crippen LogP contribution in [0.3, 0.4) is 0 Å². The van der Waals surface area contributed by atoms with Gasteiger partial charge in [0.15, 0.2) is 0 Å². The van der Waals surface area contributed by atoms with Gasteiger partial charge in [-0.05, 0) is 43.7 Å². The minimum Gasteiger partial charge on any atom is -0.392 e. The second-order valence-electron chi connectivity index (χ2n) is 6.42. The number of fused-ring (bicyclic) bond motifs is 2. The fourth-order valence-corrected chi connectivity index (χ4v) is 4.23. The lowest BCUT2D eigenvalue weighted by atomic mass is 9.91. The maximum Gasteiger partial charge on any atom is 0.135 e. The number of aliphatic hydroxyl groups is 1. The van der Waals surface area contributed by atoms with Crippen molar-refractivity contribution in [3.05, 3.63) is 35.9 Å². The highest BCUT2D eigenvalue weighted by atomic mass is 16.3. The van der Waals surface area contributed by atoms with Gasteiger partial charge in [-0.2, -0.15) is 0 Å². The molecule has 2 atom stereocenters. The lowest BCUT2D eigenvalue weighted by Gasteiger charge is -2.39. The Bertz CT molecular complexity index is 655. The van der Waals surface area contributed by atoms with Gasteiger partial charge in [0, 0.05) is 23.5 Å². The normalized spacial score (nSPS) is 25.3. The second kappa shape index (κ2) is 5.30. The number of aliphatic hydroxyl groups excluding tert-OH is 1. The highest BCUT2D eigenvalue weighted by Gasteiger charge is 2.36. The molecule has 110 valence electrons. The van der Waals surface area contributed by atoms with Gasteiger partial charge >= 0.3 is 0 Å². The largest absolute Gasteiger partial charge is 0.392 e. The summed E-state index contributed by atoms with van der Waals surface area (Å²) >= 11 is 0. The van der Waals surface area contributed by atoms with Gasteiger partial charge in [0.2, 0.25) is 0 Å². The van der Waals surface area contributed by atoms with Crippen LogP contribution in [0.25, 0.3) is 10.9 Å². The van der Waals surface area contributed by atoms with Crippen molar-refractivity contribution in [3.8, 4) is 0 Å². The number of hydrogen-bond donors (Lipinski definition) is 1. The first-order valence-electron chi connectivity index (χ1n) is 8.13. The quantitative estimate of drug-likeness (QED) is 0.916. The third-order valence-corrected chi connectivity index (χ3v) is 5.22. The molecule has 1 N–H and O–H groups in total. The van der Waals surface area contributed by atoms with E-state index in [2.05, 4.69) is 23.1 Å². The van der Waals surface area contributed by atoms with Crippen molar-refractivity contribution in [2.75, 3.05) is 11.4 Å². The van der Waals surface area contributed by atoms with Crippen LogP contribution in [0.2, 0.25) is 0 Å². The van der Waals surface area contributed by atoms with Crippen molar-refractivity contribution in [2.24, 2.45) is 5.92 Å². The maximum absolute atomic E-state index is 9.78. The molecular formula is C18H22N2O. The first kappa shape index (κ1) is 13.1. The Labute approximate surface area is 125 Å². The number of piperidine rings is 1. The van der Waals surface area contributed by atoms with E-state index in [9.17, 15) is 5.11 Å². The van der Waals surface area contributed by atoms with Crippen molar-refractivity contribution >= 4 is 16.7 Å². The monoisotopic (exact) mass is 282 g/mol. The molecule has 1 aromatic carbocycles. The average molecular weight is 282 g/mol. The van der Waals surface area contributed by atoms with Crippen molar-refractivity contribution in [1.82, 2.24) is 4.98 Å². The summed E-state index contributed by atoms with van der Waals surface area (Å²) in [6, 6.07) is 10.9. The zero-order valence-electron chi connectivity index (χ0n) is 12.3. The lowest BCUT2D eigenvalue weighted by molar-refractivity contribution is 0.280. The molecule has 2 unspecified atom stereocenters. The van der Waals surface area contributed by atoms with Crippen LogP contribution in [0, 0.1) is 5.92 Å². The molecule has 2 heterocycles. The average Bonchev–Trinajstić information content (AvgIpc) is 3.02. The molecule has 21 heavy (non-hydrogen) atoms. The fraction of sp³-hybridized carbons (Fsp3) is 0.500. The Morgan fingerprint density at radius 1 is 1.14 bits per heavy atom. The minimum atomic E-state index is 0.0705. The zero-order valence-corrected chi connectivity index (χ0v) is 12.3. The zero-order chi connectivity index (χ0) is 14.2. The first-order valence-corrected chi connectivity index (χ1v) is 8.13. The number of nitrogens with zero attached hydrogens (tertiary/aromatic N) is 2. The van der Waals surface area contributed by atoms with E-state index in [1.165, 1.54) is 32.1 Å². The molecule has 1 saturated heterocycles. The summed E-state index contributed by atoms with van der Waals surface area (Å²) < 4.78 is 0. The molecule has 0 bridgehead atoms. The number of pyridine rings is 1. The van der Waals surface area contributed by atoms with E-state index in [0.29, 0.717) is 6.04 Å². The molecular weight excluding hydrogens is 260 g/mol. The summed E-state index contributed by atoms with van der Waals surface area (Å²) in [6.45, 7) is 1.15. The van der Waals surface area contributed by atoms with Gasteiger partial charge < -0.3 is 10.0 Å². The van der Waals surface area contributed by atoms with E-state index in [-0.39, 0.29) is 6.61 Å². The topological polar surface area (TPSA) is 36.4 Å². The van der Waals surface area contributed by atoms with Gasteiger partial charge in [-0.1, -0.05) is 24.6 Å². The van der Waals surface area contributed by atoms with E-state index in [1.807, 2.05) is 12.1 Å². The molecule has 3 heteroatoms. The number of benzene rings is 1. The van der Waals surface area contributed by atoms with Gasteiger partial charge in [-0.15, -0.1) is 0 Å². The third kappa shape index (κ3) is 2.20. The number of rotatable bonds is 2. The fourth-order valence-electron chi connectivity index (χ4n) is 4.23. The van der Waals surface area contributed by atoms with Gasteiger partial charge in [0.05, 0.1) is 12.1 Å². The molecule has 0 spiro atoms. The predicted octanol–water partition coefficient (Wildman–Crippen LogP) is 3.50. The van der Waals surface area contributed by atoms with Gasteiger partial charge in [0.25, 0.3) is 0 Å². The Morgan fingerprint density at radius 2 is 2.00 bits per heavy atom. The van der Waals surface area contributed by atoms with Crippen LogP contribution >= 0.6 is 0 Å². The summed E-state index contributed by atoms with van der Waals surface area (Å²) in [4.78, 5) is 7.38. The van der Waals surface area contributed by atoms with E-state index in [4.69, 9.17) is 4.98 Å². The number of anilines is 1. The first-order chi connectivity index (χ1) is 10.4. The molecule has 3 nitrogen and oxygen atoms in total. The van der Waals surface area contributed by atoms with Crippen LogP contribution in [0.4, 0.5) is 5.82 Å². The molecule has 0 radical (unpaired) electrons. The summed E-state index contributed by atoms with van der Waals surface area (Å²) in [5.41, 5.74) is 2.01. The Hall–Kier alpha value is -1.61. The molecule has 1 saturated carbocycles. The van der Waals surface area contributed by atoms with E-state index < -0.39 is 0 Å². The predicted molar refractivity (Wildman–Crippen MR) is 85.4 cm³/mol. The van der Waals surface area contributed by atoms with Crippen molar-refractivity contribution in [2.45, 2.75) is 44.8 Å². The molecule has 2 aromatic rings.